The lowest BCUT2D eigenvalue weighted by Crippen LogP contribution is -2.44. The van der Waals surface area contributed by atoms with Crippen molar-refractivity contribution in [2.45, 2.75) is 39.3 Å². The molecule has 3 rings (SSSR count). The van der Waals surface area contributed by atoms with Gasteiger partial charge in [-0.25, -0.2) is 0 Å². The van der Waals surface area contributed by atoms with Crippen molar-refractivity contribution >= 4 is 22.5 Å². The average Bonchev–Trinajstić information content (AvgIpc) is 2.54. The number of hydrogen-bond donors (Lipinski definition) is 1. The van der Waals surface area contributed by atoms with Crippen LogP contribution in [0, 0.1) is 6.92 Å². The molecule has 1 aliphatic heterocycles. The number of carbonyl (C=O) groups excluding carboxylic acids is 1. The number of alkyl halides is 2. The highest BCUT2D eigenvalue weighted by Gasteiger charge is 2.22. The van der Waals surface area contributed by atoms with E-state index in [0.29, 0.717) is 0 Å². The molecule has 1 aliphatic rings. The lowest BCUT2D eigenvalue weighted by Gasteiger charge is -2.34. The Morgan fingerprint density at radius 1 is 1.32 bits per heavy atom. The summed E-state index contributed by atoms with van der Waals surface area (Å²) in [6.07, 6.45) is 1.69. The van der Waals surface area contributed by atoms with Crippen molar-refractivity contribution in [1.82, 2.24) is 10.3 Å². The molecule has 1 aromatic heterocycles. The molecule has 1 amide bonds. The van der Waals surface area contributed by atoms with Gasteiger partial charge in [-0.05, 0) is 44.0 Å². The van der Waals surface area contributed by atoms with Gasteiger partial charge in [0.05, 0.1) is 5.52 Å². The smallest absolute Gasteiger partial charge is 0.387 e. The van der Waals surface area contributed by atoms with E-state index >= 15 is 0 Å². The summed E-state index contributed by atoms with van der Waals surface area (Å²) in [5.41, 5.74) is 2.58. The van der Waals surface area contributed by atoms with Gasteiger partial charge in [-0.15, -0.1) is 0 Å². The summed E-state index contributed by atoms with van der Waals surface area (Å²) in [6.45, 7) is 2.15. The molecule has 25 heavy (non-hydrogen) atoms. The van der Waals surface area contributed by atoms with Crippen LogP contribution in [0.3, 0.4) is 0 Å². The minimum Gasteiger partial charge on any atom is -0.435 e. The van der Waals surface area contributed by atoms with E-state index in [9.17, 15) is 13.6 Å². The summed E-state index contributed by atoms with van der Waals surface area (Å²) in [7, 11) is 0. The van der Waals surface area contributed by atoms with Crippen LogP contribution >= 0.6 is 0 Å². The molecular formula is C18H21F2N3O2. The third-order valence-corrected chi connectivity index (χ3v) is 4.35. The Balaban J connectivity index is 1.88. The molecule has 0 atom stereocenters. The molecule has 1 fully saturated rings. The van der Waals surface area contributed by atoms with Crippen molar-refractivity contribution in [3.05, 3.63) is 30.0 Å². The lowest BCUT2D eigenvalue weighted by molar-refractivity contribution is -0.119. The van der Waals surface area contributed by atoms with Gasteiger partial charge in [0.25, 0.3) is 0 Å². The first-order valence-electron chi connectivity index (χ1n) is 8.30. The molecule has 5 nitrogen and oxygen atoms in total. The fraction of sp³-hybridized carbons (Fsp3) is 0.444. The number of fused-ring (bicyclic) bond motifs is 1. The summed E-state index contributed by atoms with van der Waals surface area (Å²) in [5, 5.41) is 3.74. The molecule has 1 aromatic carbocycles. The number of halogens is 2. The summed E-state index contributed by atoms with van der Waals surface area (Å²) < 4.78 is 29.5. The van der Waals surface area contributed by atoms with Crippen molar-refractivity contribution in [3.8, 4) is 5.75 Å². The molecule has 1 saturated heterocycles. The predicted molar refractivity (Wildman–Crippen MR) is 92.2 cm³/mol. The first kappa shape index (κ1) is 17.4. The zero-order chi connectivity index (χ0) is 18.0. The van der Waals surface area contributed by atoms with Crippen LogP contribution in [0.5, 0.6) is 5.75 Å². The van der Waals surface area contributed by atoms with Gasteiger partial charge in [0.2, 0.25) is 5.91 Å². The van der Waals surface area contributed by atoms with Gasteiger partial charge in [0, 0.05) is 42.8 Å². The van der Waals surface area contributed by atoms with Crippen molar-refractivity contribution in [3.63, 3.8) is 0 Å². The molecule has 2 heterocycles. The highest BCUT2D eigenvalue weighted by molar-refractivity contribution is 5.93. The second kappa shape index (κ2) is 7.21. The average molecular weight is 349 g/mol. The van der Waals surface area contributed by atoms with Gasteiger partial charge < -0.3 is 15.0 Å². The maximum absolute atomic E-state index is 12.5. The molecular weight excluding hydrogens is 328 g/mol. The monoisotopic (exact) mass is 349 g/mol. The van der Waals surface area contributed by atoms with Crippen molar-refractivity contribution in [1.29, 1.82) is 0 Å². The highest BCUT2D eigenvalue weighted by atomic mass is 19.3. The van der Waals surface area contributed by atoms with Crippen LogP contribution in [0.4, 0.5) is 14.5 Å². The predicted octanol–water partition coefficient (Wildman–Crippen LogP) is 3.25. The standard InChI is InChI=1S/C18H21F2N3O2/c1-11-9-17(23-7-5-13(6-8-23)22-12(2)24)15-10-14(25-18(19)20)3-4-16(15)21-11/h3-4,9-10,13,18H,5-8H2,1-2H3,(H,22,24). The minimum absolute atomic E-state index is 0.0163. The molecule has 1 N–H and O–H groups in total. The molecule has 0 aliphatic carbocycles. The van der Waals surface area contributed by atoms with Gasteiger partial charge in [0.15, 0.2) is 0 Å². The Morgan fingerprint density at radius 3 is 2.68 bits per heavy atom. The Hall–Kier alpha value is -2.44. The molecule has 7 heteroatoms. The Bertz CT molecular complexity index is 774. The number of nitrogens with zero attached hydrogens (tertiary/aromatic N) is 2. The van der Waals surface area contributed by atoms with E-state index in [2.05, 4.69) is 19.9 Å². The van der Waals surface area contributed by atoms with E-state index in [1.165, 1.54) is 13.0 Å². The molecule has 2 aromatic rings. The third kappa shape index (κ3) is 4.15. The van der Waals surface area contributed by atoms with Gasteiger partial charge >= 0.3 is 6.61 Å². The second-order valence-electron chi connectivity index (χ2n) is 6.30. The van der Waals surface area contributed by atoms with E-state index in [-0.39, 0.29) is 17.7 Å². The number of piperidine rings is 1. The number of pyridine rings is 1. The van der Waals surface area contributed by atoms with Crippen molar-refractivity contribution in [2.75, 3.05) is 18.0 Å². The van der Waals surface area contributed by atoms with Crippen LogP contribution in [0.2, 0.25) is 0 Å². The number of amides is 1. The van der Waals surface area contributed by atoms with Gasteiger partial charge in [-0.1, -0.05) is 0 Å². The third-order valence-electron chi connectivity index (χ3n) is 4.35. The summed E-state index contributed by atoms with van der Waals surface area (Å²) in [4.78, 5) is 17.9. The first-order chi connectivity index (χ1) is 11.9. The Kier molecular flexibility index (Phi) is 5.01. The SMILES string of the molecule is CC(=O)NC1CCN(c2cc(C)nc3ccc(OC(F)F)cc23)CC1. The maximum Gasteiger partial charge on any atom is 0.387 e. The van der Waals surface area contributed by atoms with E-state index in [1.807, 2.05) is 13.0 Å². The van der Waals surface area contributed by atoms with E-state index < -0.39 is 6.61 Å². The fourth-order valence-corrected chi connectivity index (χ4v) is 3.31. The number of ether oxygens (including phenoxy) is 1. The van der Waals surface area contributed by atoms with Crippen LogP contribution in [-0.4, -0.2) is 36.6 Å². The van der Waals surface area contributed by atoms with E-state index in [0.717, 1.165) is 48.2 Å². The fourth-order valence-electron chi connectivity index (χ4n) is 3.31. The molecule has 0 radical (unpaired) electrons. The molecule has 0 saturated carbocycles. The summed E-state index contributed by atoms with van der Waals surface area (Å²) in [6, 6.07) is 6.97. The van der Waals surface area contributed by atoms with Crippen LogP contribution in [0.25, 0.3) is 10.9 Å². The number of aromatic nitrogens is 1. The number of aryl methyl sites for hydroxylation is 1. The quantitative estimate of drug-likeness (QED) is 0.921. The lowest BCUT2D eigenvalue weighted by atomic mass is 10.0. The van der Waals surface area contributed by atoms with Crippen LogP contribution in [0.1, 0.15) is 25.5 Å². The first-order valence-corrected chi connectivity index (χ1v) is 8.30. The number of benzene rings is 1. The zero-order valence-corrected chi connectivity index (χ0v) is 14.3. The largest absolute Gasteiger partial charge is 0.435 e. The number of nitrogens with one attached hydrogen (secondary N) is 1. The summed E-state index contributed by atoms with van der Waals surface area (Å²) >= 11 is 0. The minimum atomic E-state index is -2.85. The molecule has 0 spiro atoms. The normalized spacial score (nSPS) is 15.6. The van der Waals surface area contributed by atoms with Gasteiger partial charge in [-0.3, -0.25) is 9.78 Å². The van der Waals surface area contributed by atoms with Crippen LogP contribution < -0.4 is 15.0 Å². The van der Waals surface area contributed by atoms with Crippen LogP contribution in [-0.2, 0) is 4.79 Å². The summed E-state index contributed by atoms with van der Waals surface area (Å²) in [5.74, 6) is 0.111. The van der Waals surface area contributed by atoms with E-state index in [4.69, 9.17) is 0 Å². The topological polar surface area (TPSA) is 54.5 Å². The molecule has 0 unspecified atom stereocenters. The number of carbonyl (C=O) groups is 1. The van der Waals surface area contributed by atoms with E-state index in [1.54, 1.807) is 12.1 Å². The van der Waals surface area contributed by atoms with Crippen molar-refractivity contribution in [2.24, 2.45) is 0 Å². The number of anilines is 1. The van der Waals surface area contributed by atoms with Crippen molar-refractivity contribution < 1.29 is 18.3 Å². The second-order valence-corrected chi connectivity index (χ2v) is 6.30. The van der Waals surface area contributed by atoms with Gasteiger partial charge in [0.1, 0.15) is 5.75 Å². The Morgan fingerprint density at radius 2 is 2.04 bits per heavy atom. The van der Waals surface area contributed by atoms with Crippen LogP contribution in [0.15, 0.2) is 24.3 Å². The Labute approximate surface area is 145 Å². The molecule has 134 valence electrons. The van der Waals surface area contributed by atoms with Gasteiger partial charge in [-0.2, -0.15) is 8.78 Å². The molecule has 0 bridgehead atoms. The number of rotatable bonds is 4. The highest BCUT2D eigenvalue weighted by Crippen LogP contribution is 2.32. The number of hydrogen-bond acceptors (Lipinski definition) is 4. The maximum atomic E-state index is 12.5. The zero-order valence-electron chi connectivity index (χ0n) is 14.3.